The van der Waals surface area contributed by atoms with E-state index in [0.29, 0.717) is 3.58 Å². The molecule has 1 rings (SSSR count). The van der Waals surface area contributed by atoms with Gasteiger partial charge in [-0.2, -0.15) is 0 Å². The molecule has 126 valence electrons. The number of aromatic nitrogens is 1. The van der Waals surface area contributed by atoms with Crippen LogP contribution in [0.3, 0.4) is 0 Å². The third-order valence-corrected chi connectivity index (χ3v) is 20.3. The van der Waals surface area contributed by atoms with E-state index in [9.17, 15) is 8.78 Å². The molecule has 1 aromatic rings. The summed E-state index contributed by atoms with van der Waals surface area (Å²) in [5.41, 5.74) is 0. The van der Waals surface area contributed by atoms with Crippen LogP contribution in [0, 0.1) is 11.6 Å². The zero-order chi connectivity index (χ0) is 16.4. The Morgan fingerprint density at radius 3 is 1.68 bits per heavy atom. The first-order chi connectivity index (χ1) is 10.6. The van der Waals surface area contributed by atoms with Gasteiger partial charge in [-0.05, 0) is 0 Å². The van der Waals surface area contributed by atoms with Crippen LogP contribution in [-0.4, -0.2) is 23.4 Å². The maximum absolute atomic E-state index is 14.5. The van der Waals surface area contributed by atoms with Crippen LogP contribution in [0.25, 0.3) is 0 Å². The summed E-state index contributed by atoms with van der Waals surface area (Å²) < 4.78 is 32.7. The normalized spacial score (nSPS) is 11.9. The fraction of sp³-hybridized carbons (Fsp3) is 0.722. The Hall–Kier alpha value is -0.191. The fourth-order valence-electron chi connectivity index (χ4n) is 3.41. The minimum absolute atomic E-state index is 0.375. The van der Waals surface area contributed by atoms with E-state index in [0.717, 1.165) is 51.8 Å². The van der Waals surface area contributed by atoms with Crippen LogP contribution in [-0.2, 0) is 0 Å². The van der Waals surface area contributed by atoms with Gasteiger partial charge in [-0.15, -0.1) is 0 Å². The zero-order valence-corrected chi connectivity index (χ0v) is 17.3. The molecule has 1 nitrogen and oxygen atoms in total. The van der Waals surface area contributed by atoms with Crippen LogP contribution in [0.4, 0.5) is 8.78 Å². The molecule has 0 aromatic carbocycles. The van der Waals surface area contributed by atoms with E-state index in [-0.39, 0.29) is 11.6 Å². The van der Waals surface area contributed by atoms with Gasteiger partial charge in [-0.25, -0.2) is 0 Å². The van der Waals surface area contributed by atoms with E-state index < -0.39 is 18.4 Å². The molecule has 0 atom stereocenters. The Morgan fingerprint density at radius 1 is 0.773 bits per heavy atom. The Morgan fingerprint density at radius 2 is 1.23 bits per heavy atom. The molecular weight excluding hydrogens is 387 g/mol. The minimum atomic E-state index is -3.03. The van der Waals surface area contributed by atoms with Crippen molar-refractivity contribution in [2.24, 2.45) is 0 Å². The number of rotatable bonds is 11. The first-order valence-corrected chi connectivity index (χ1v) is 16.4. The van der Waals surface area contributed by atoms with Crippen molar-refractivity contribution in [2.75, 3.05) is 0 Å². The van der Waals surface area contributed by atoms with Gasteiger partial charge in [-0.3, -0.25) is 0 Å². The van der Waals surface area contributed by atoms with Crippen molar-refractivity contribution in [3.63, 3.8) is 0 Å². The SMILES string of the molecule is CCCC[CH2][Sn]([CH2]CCC)([CH2]CCC)[c]1c(F)cncc1F. The summed E-state index contributed by atoms with van der Waals surface area (Å²) in [6.07, 6.45) is 10.3. The summed E-state index contributed by atoms with van der Waals surface area (Å²) in [6, 6.07) is 0. The van der Waals surface area contributed by atoms with Crippen LogP contribution >= 0.6 is 0 Å². The summed E-state index contributed by atoms with van der Waals surface area (Å²) in [7, 11) is 0. The molecule has 22 heavy (non-hydrogen) atoms. The van der Waals surface area contributed by atoms with E-state index in [1.165, 1.54) is 18.8 Å². The fourth-order valence-corrected chi connectivity index (χ4v) is 19.5. The van der Waals surface area contributed by atoms with Gasteiger partial charge in [0.15, 0.2) is 0 Å². The molecule has 0 unspecified atom stereocenters. The molecule has 0 fully saturated rings. The molecule has 0 spiro atoms. The van der Waals surface area contributed by atoms with Crippen LogP contribution in [0.15, 0.2) is 12.4 Å². The van der Waals surface area contributed by atoms with E-state index in [1.54, 1.807) is 0 Å². The Labute approximate surface area is 138 Å². The Balaban J connectivity index is 3.19. The standard InChI is InChI=1S/C5H2F2N.C5H11.2C4H9.Sn/c6-4-1-5(7)3-8-2-4;1-3-5-4-2;2*1-3-4-2;/h2-3H;1,3-5H2,2H3;2*1,3-4H2,2H3;. The molecule has 0 aliphatic heterocycles. The molecule has 0 saturated carbocycles. The monoisotopic (exact) mass is 419 g/mol. The van der Waals surface area contributed by atoms with Crippen molar-refractivity contribution in [3.05, 3.63) is 24.0 Å². The summed E-state index contributed by atoms with van der Waals surface area (Å²) in [6.45, 7) is 6.52. The van der Waals surface area contributed by atoms with Crippen molar-refractivity contribution < 1.29 is 8.78 Å². The summed E-state index contributed by atoms with van der Waals surface area (Å²) >= 11 is -3.03. The van der Waals surface area contributed by atoms with Gasteiger partial charge in [0, 0.05) is 0 Å². The summed E-state index contributed by atoms with van der Waals surface area (Å²) in [4.78, 5) is 3.70. The van der Waals surface area contributed by atoms with Crippen LogP contribution in [0.1, 0.15) is 65.7 Å². The first kappa shape index (κ1) is 19.9. The van der Waals surface area contributed by atoms with Crippen molar-refractivity contribution in [3.8, 4) is 0 Å². The van der Waals surface area contributed by atoms with E-state index >= 15 is 0 Å². The van der Waals surface area contributed by atoms with Gasteiger partial charge in [0.05, 0.1) is 0 Å². The van der Waals surface area contributed by atoms with Crippen molar-refractivity contribution in [2.45, 2.75) is 79.0 Å². The number of hydrogen-bond acceptors (Lipinski definition) is 1. The van der Waals surface area contributed by atoms with Crippen molar-refractivity contribution in [1.29, 1.82) is 0 Å². The molecular formula is C18H31F2NSn. The topological polar surface area (TPSA) is 12.9 Å². The van der Waals surface area contributed by atoms with Gasteiger partial charge in [0.2, 0.25) is 0 Å². The van der Waals surface area contributed by atoms with Gasteiger partial charge in [0.25, 0.3) is 0 Å². The Bertz CT molecular complexity index is 409. The van der Waals surface area contributed by atoms with E-state index in [2.05, 4.69) is 25.8 Å². The number of nitrogens with zero attached hydrogens (tertiary/aromatic N) is 1. The van der Waals surface area contributed by atoms with Gasteiger partial charge >= 0.3 is 139 Å². The van der Waals surface area contributed by atoms with Gasteiger partial charge < -0.3 is 0 Å². The van der Waals surface area contributed by atoms with Crippen LogP contribution in [0.5, 0.6) is 0 Å². The number of halogens is 2. The number of unbranched alkanes of at least 4 members (excludes halogenated alkanes) is 4. The van der Waals surface area contributed by atoms with Gasteiger partial charge in [-0.1, -0.05) is 0 Å². The van der Waals surface area contributed by atoms with Crippen LogP contribution in [0.2, 0.25) is 13.3 Å². The molecule has 0 bridgehead atoms. The number of hydrogen-bond donors (Lipinski definition) is 0. The predicted molar refractivity (Wildman–Crippen MR) is 93.3 cm³/mol. The second kappa shape index (κ2) is 10.6. The summed E-state index contributed by atoms with van der Waals surface area (Å²) in [5, 5.41) is 0. The number of pyridine rings is 1. The third kappa shape index (κ3) is 5.47. The average molecular weight is 418 g/mol. The molecule has 1 heterocycles. The zero-order valence-electron chi connectivity index (χ0n) is 14.4. The molecule has 0 radical (unpaired) electrons. The second-order valence-corrected chi connectivity index (χ2v) is 19.4. The van der Waals surface area contributed by atoms with E-state index in [4.69, 9.17) is 0 Å². The molecule has 0 N–H and O–H groups in total. The third-order valence-electron chi connectivity index (χ3n) is 4.66. The molecule has 4 heteroatoms. The average Bonchev–Trinajstić information content (AvgIpc) is 2.50. The second-order valence-electron chi connectivity index (χ2n) is 6.42. The molecule has 1 aromatic heterocycles. The molecule has 0 amide bonds. The summed E-state index contributed by atoms with van der Waals surface area (Å²) in [5.74, 6) is -0.751. The Kier molecular flexibility index (Phi) is 9.53. The van der Waals surface area contributed by atoms with E-state index in [1.807, 2.05) is 0 Å². The van der Waals surface area contributed by atoms with Crippen molar-refractivity contribution >= 4 is 22.0 Å². The molecule has 0 aliphatic rings. The quantitative estimate of drug-likeness (QED) is 0.327. The molecule has 0 aliphatic carbocycles. The van der Waals surface area contributed by atoms with Crippen molar-refractivity contribution in [1.82, 2.24) is 4.98 Å². The van der Waals surface area contributed by atoms with Gasteiger partial charge in [0.1, 0.15) is 0 Å². The first-order valence-electron chi connectivity index (χ1n) is 8.90. The molecule has 0 saturated heterocycles. The van der Waals surface area contributed by atoms with Crippen LogP contribution < -0.4 is 3.58 Å². The maximum atomic E-state index is 14.5. The predicted octanol–water partition coefficient (Wildman–Crippen LogP) is 5.81.